The van der Waals surface area contributed by atoms with Crippen molar-refractivity contribution in [3.8, 4) is 11.1 Å². The minimum Gasteiger partial charge on any atom is -0.477 e. The number of nitrogen functional groups attached to an aromatic ring is 1. The molecule has 0 bridgehead atoms. The number of aromatic amines is 1. The summed E-state index contributed by atoms with van der Waals surface area (Å²) in [5.41, 5.74) is 7.65. The number of aromatic carboxylic acids is 1. The number of carboxylic acids is 1. The Kier molecular flexibility index (Phi) is 2.17. The Labute approximate surface area is 86.4 Å². The SMILES string of the molecule is Nc1c(-c2ccccc2)c[nH]c1C(=O)O. The molecule has 0 aliphatic carbocycles. The number of benzene rings is 1. The van der Waals surface area contributed by atoms with E-state index in [9.17, 15) is 4.79 Å². The van der Waals surface area contributed by atoms with E-state index in [4.69, 9.17) is 10.8 Å². The van der Waals surface area contributed by atoms with Crippen LogP contribution in [0.25, 0.3) is 11.1 Å². The number of hydrogen-bond donors (Lipinski definition) is 3. The van der Waals surface area contributed by atoms with E-state index in [0.717, 1.165) is 5.56 Å². The summed E-state index contributed by atoms with van der Waals surface area (Å²) in [6.45, 7) is 0. The molecule has 0 spiro atoms. The monoisotopic (exact) mass is 202 g/mol. The first-order chi connectivity index (χ1) is 7.20. The van der Waals surface area contributed by atoms with Gasteiger partial charge in [-0.3, -0.25) is 0 Å². The molecule has 1 aromatic heterocycles. The Morgan fingerprint density at radius 1 is 1.27 bits per heavy atom. The van der Waals surface area contributed by atoms with Crippen LogP contribution in [0.15, 0.2) is 36.5 Å². The standard InChI is InChI=1S/C11H10N2O2/c12-9-8(6-13-10(9)11(14)15)7-4-2-1-3-5-7/h1-6,13H,12H2,(H,14,15). The number of carboxylic acid groups (broad SMARTS) is 1. The van der Waals surface area contributed by atoms with Gasteiger partial charge >= 0.3 is 5.97 Å². The lowest BCUT2D eigenvalue weighted by Gasteiger charge is -1.99. The summed E-state index contributed by atoms with van der Waals surface area (Å²) < 4.78 is 0. The van der Waals surface area contributed by atoms with E-state index in [-0.39, 0.29) is 11.4 Å². The van der Waals surface area contributed by atoms with Crippen LogP contribution >= 0.6 is 0 Å². The molecule has 15 heavy (non-hydrogen) atoms. The molecule has 0 unspecified atom stereocenters. The van der Waals surface area contributed by atoms with Crippen LogP contribution in [-0.4, -0.2) is 16.1 Å². The van der Waals surface area contributed by atoms with Crippen molar-refractivity contribution < 1.29 is 9.90 Å². The Morgan fingerprint density at radius 2 is 1.93 bits per heavy atom. The van der Waals surface area contributed by atoms with Crippen molar-refractivity contribution in [2.45, 2.75) is 0 Å². The van der Waals surface area contributed by atoms with Crippen LogP contribution in [0.1, 0.15) is 10.5 Å². The quantitative estimate of drug-likeness (QED) is 0.696. The van der Waals surface area contributed by atoms with Gasteiger partial charge in [0, 0.05) is 11.8 Å². The summed E-state index contributed by atoms with van der Waals surface area (Å²) in [4.78, 5) is 13.4. The van der Waals surface area contributed by atoms with Gasteiger partial charge in [0.05, 0.1) is 5.69 Å². The average molecular weight is 202 g/mol. The van der Waals surface area contributed by atoms with Crippen molar-refractivity contribution in [1.82, 2.24) is 4.98 Å². The summed E-state index contributed by atoms with van der Waals surface area (Å²) in [6.07, 6.45) is 1.61. The minimum atomic E-state index is -1.05. The van der Waals surface area contributed by atoms with Crippen LogP contribution in [0, 0.1) is 0 Å². The number of nitrogens with two attached hydrogens (primary N) is 1. The molecule has 0 amide bonds. The van der Waals surface area contributed by atoms with E-state index in [1.54, 1.807) is 6.20 Å². The molecular weight excluding hydrogens is 192 g/mol. The molecule has 0 saturated carbocycles. The highest BCUT2D eigenvalue weighted by molar-refractivity contribution is 5.96. The van der Waals surface area contributed by atoms with Crippen molar-refractivity contribution >= 4 is 11.7 Å². The number of anilines is 1. The number of carbonyl (C=O) groups is 1. The first-order valence-electron chi connectivity index (χ1n) is 4.45. The molecule has 0 radical (unpaired) electrons. The van der Waals surface area contributed by atoms with Crippen molar-refractivity contribution in [3.63, 3.8) is 0 Å². The third kappa shape index (κ3) is 1.57. The normalized spacial score (nSPS) is 10.1. The van der Waals surface area contributed by atoms with Gasteiger partial charge < -0.3 is 15.8 Å². The zero-order valence-electron chi connectivity index (χ0n) is 7.90. The van der Waals surface area contributed by atoms with Crippen LogP contribution in [0.5, 0.6) is 0 Å². The minimum absolute atomic E-state index is 0.0360. The van der Waals surface area contributed by atoms with Crippen LogP contribution in [-0.2, 0) is 0 Å². The van der Waals surface area contributed by atoms with Gasteiger partial charge in [-0.15, -0.1) is 0 Å². The second-order valence-corrected chi connectivity index (χ2v) is 3.16. The maximum absolute atomic E-state index is 10.8. The lowest BCUT2D eigenvalue weighted by molar-refractivity contribution is 0.0692. The number of hydrogen-bond acceptors (Lipinski definition) is 2. The van der Waals surface area contributed by atoms with Crippen molar-refractivity contribution in [3.05, 3.63) is 42.2 Å². The van der Waals surface area contributed by atoms with Crippen molar-refractivity contribution in [2.24, 2.45) is 0 Å². The molecule has 0 fully saturated rings. The highest BCUT2D eigenvalue weighted by Gasteiger charge is 2.14. The lowest BCUT2D eigenvalue weighted by Crippen LogP contribution is -2.01. The van der Waals surface area contributed by atoms with Crippen LogP contribution in [0.2, 0.25) is 0 Å². The Balaban J connectivity index is 2.52. The van der Waals surface area contributed by atoms with Gasteiger partial charge in [0.15, 0.2) is 0 Å². The van der Waals surface area contributed by atoms with Gasteiger partial charge in [0.1, 0.15) is 5.69 Å². The van der Waals surface area contributed by atoms with Gasteiger partial charge in [-0.05, 0) is 5.56 Å². The van der Waals surface area contributed by atoms with E-state index in [1.165, 1.54) is 0 Å². The highest BCUT2D eigenvalue weighted by Crippen LogP contribution is 2.28. The Morgan fingerprint density at radius 3 is 2.47 bits per heavy atom. The van der Waals surface area contributed by atoms with Gasteiger partial charge in [-0.25, -0.2) is 4.79 Å². The van der Waals surface area contributed by atoms with Gasteiger partial charge in [0.2, 0.25) is 0 Å². The number of rotatable bonds is 2. The van der Waals surface area contributed by atoms with Gasteiger partial charge in [0.25, 0.3) is 0 Å². The maximum Gasteiger partial charge on any atom is 0.354 e. The smallest absolute Gasteiger partial charge is 0.354 e. The Hall–Kier alpha value is -2.23. The summed E-state index contributed by atoms with van der Waals surface area (Å²) in [6, 6.07) is 9.41. The fourth-order valence-electron chi connectivity index (χ4n) is 1.47. The molecule has 0 aliphatic rings. The van der Waals surface area contributed by atoms with Crippen LogP contribution < -0.4 is 5.73 Å². The first kappa shape index (κ1) is 9.33. The predicted octanol–water partition coefficient (Wildman–Crippen LogP) is 1.96. The van der Waals surface area contributed by atoms with Crippen molar-refractivity contribution in [2.75, 3.05) is 5.73 Å². The lowest BCUT2D eigenvalue weighted by atomic mass is 10.1. The van der Waals surface area contributed by atoms with Crippen molar-refractivity contribution in [1.29, 1.82) is 0 Å². The summed E-state index contributed by atoms with van der Waals surface area (Å²) in [7, 11) is 0. The van der Waals surface area contributed by atoms with E-state index >= 15 is 0 Å². The fourth-order valence-corrected chi connectivity index (χ4v) is 1.47. The van der Waals surface area contributed by atoms with E-state index in [1.807, 2.05) is 30.3 Å². The molecule has 1 heterocycles. The molecule has 1 aromatic carbocycles. The second-order valence-electron chi connectivity index (χ2n) is 3.16. The molecular formula is C11H10N2O2. The number of aromatic nitrogens is 1. The summed E-state index contributed by atoms with van der Waals surface area (Å²) >= 11 is 0. The number of H-pyrrole nitrogens is 1. The zero-order chi connectivity index (χ0) is 10.8. The molecule has 4 nitrogen and oxygen atoms in total. The molecule has 0 aliphatic heterocycles. The zero-order valence-corrected chi connectivity index (χ0v) is 7.90. The van der Waals surface area contributed by atoms with E-state index < -0.39 is 5.97 Å². The fraction of sp³-hybridized carbons (Fsp3) is 0. The Bertz CT molecular complexity index is 489. The third-order valence-corrected chi connectivity index (χ3v) is 2.22. The highest BCUT2D eigenvalue weighted by atomic mass is 16.4. The second kappa shape index (κ2) is 3.49. The molecule has 0 atom stereocenters. The molecule has 0 saturated heterocycles. The molecule has 2 rings (SSSR count). The summed E-state index contributed by atoms with van der Waals surface area (Å²) in [5.74, 6) is -1.05. The van der Waals surface area contributed by atoms with Crippen LogP contribution in [0.3, 0.4) is 0 Å². The maximum atomic E-state index is 10.8. The predicted molar refractivity (Wildman–Crippen MR) is 57.6 cm³/mol. The first-order valence-corrected chi connectivity index (χ1v) is 4.45. The summed E-state index contributed by atoms with van der Waals surface area (Å²) in [5, 5.41) is 8.81. The largest absolute Gasteiger partial charge is 0.477 e. The van der Waals surface area contributed by atoms with Crippen LogP contribution in [0.4, 0.5) is 5.69 Å². The average Bonchev–Trinajstić information content (AvgIpc) is 2.61. The molecule has 2 aromatic rings. The van der Waals surface area contributed by atoms with Gasteiger partial charge in [-0.2, -0.15) is 0 Å². The number of nitrogens with one attached hydrogen (secondary N) is 1. The van der Waals surface area contributed by atoms with E-state index in [2.05, 4.69) is 4.98 Å². The molecule has 76 valence electrons. The van der Waals surface area contributed by atoms with Gasteiger partial charge in [-0.1, -0.05) is 30.3 Å². The third-order valence-electron chi connectivity index (χ3n) is 2.22. The molecule has 4 N–H and O–H groups in total. The van der Waals surface area contributed by atoms with E-state index in [0.29, 0.717) is 5.56 Å². The topological polar surface area (TPSA) is 79.1 Å². The molecule has 4 heteroatoms.